The summed E-state index contributed by atoms with van der Waals surface area (Å²) in [6, 6.07) is 7.38. The molecule has 0 spiro atoms. The van der Waals surface area contributed by atoms with Crippen LogP contribution in [-0.2, 0) is 0 Å². The number of para-hydroxylation sites is 1. The molecule has 1 aromatic carbocycles. The van der Waals surface area contributed by atoms with Crippen molar-refractivity contribution < 1.29 is 4.74 Å². The SMILES string of the molecule is CC(Oc1ccccc1Cl)[C@@H](C)N. The molecule has 0 heterocycles. The van der Waals surface area contributed by atoms with Crippen molar-refractivity contribution in [2.75, 3.05) is 0 Å². The molecule has 0 aliphatic carbocycles. The number of benzene rings is 1. The molecule has 0 saturated carbocycles. The number of hydrogen-bond acceptors (Lipinski definition) is 2. The summed E-state index contributed by atoms with van der Waals surface area (Å²) < 4.78 is 5.55. The minimum absolute atomic E-state index is 0.00345. The maximum Gasteiger partial charge on any atom is 0.138 e. The van der Waals surface area contributed by atoms with Crippen LogP contribution in [0, 0.1) is 0 Å². The van der Waals surface area contributed by atoms with Gasteiger partial charge in [-0.15, -0.1) is 0 Å². The van der Waals surface area contributed by atoms with E-state index in [1.54, 1.807) is 6.07 Å². The first kappa shape index (κ1) is 10.4. The molecule has 0 aromatic heterocycles. The van der Waals surface area contributed by atoms with Crippen molar-refractivity contribution in [3.8, 4) is 5.75 Å². The average molecular weight is 200 g/mol. The van der Waals surface area contributed by atoms with Crippen LogP contribution in [0.1, 0.15) is 13.8 Å². The van der Waals surface area contributed by atoms with Crippen LogP contribution in [-0.4, -0.2) is 12.1 Å². The largest absolute Gasteiger partial charge is 0.488 e. The van der Waals surface area contributed by atoms with E-state index >= 15 is 0 Å². The zero-order valence-corrected chi connectivity index (χ0v) is 8.58. The number of ether oxygens (including phenoxy) is 1. The molecule has 2 N–H and O–H groups in total. The molecule has 1 unspecified atom stereocenters. The van der Waals surface area contributed by atoms with Gasteiger partial charge in [-0.25, -0.2) is 0 Å². The second kappa shape index (κ2) is 4.49. The summed E-state index contributed by atoms with van der Waals surface area (Å²) in [5.74, 6) is 0.689. The van der Waals surface area contributed by atoms with Crippen LogP contribution in [0.4, 0.5) is 0 Å². The van der Waals surface area contributed by atoms with Gasteiger partial charge in [0.25, 0.3) is 0 Å². The Morgan fingerprint density at radius 3 is 2.46 bits per heavy atom. The second-order valence-electron chi connectivity index (χ2n) is 3.11. The van der Waals surface area contributed by atoms with Gasteiger partial charge in [0.1, 0.15) is 11.9 Å². The Bertz CT molecular complexity index is 275. The predicted molar refractivity (Wildman–Crippen MR) is 55.2 cm³/mol. The molecule has 0 radical (unpaired) electrons. The van der Waals surface area contributed by atoms with E-state index in [0.29, 0.717) is 10.8 Å². The van der Waals surface area contributed by atoms with Gasteiger partial charge in [0.15, 0.2) is 0 Å². The first-order chi connectivity index (χ1) is 6.11. The highest BCUT2D eigenvalue weighted by atomic mass is 35.5. The Kier molecular flexibility index (Phi) is 3.58. The van der Waals surface area contributed by atoms with Crippen molar-refractivity contribution in [2.45, 2.75) is 26.0 Å². The van der Waals surface area contributed by atoms with E-state index in [4.69, 9.17) is 22.1 Å². The van der Waals surface area contributed by atoms with Gasteiger partial charge in [-0.05, 0) is 26.0 Å². The van der Waals surface area contributed by atoms with E-state index in [9.17, 15) is 0 Å². The Balaban J connectivity index is 2.69. The van der Waals surface area contributed by atoms with Gasteiger partial charge >= 0.3 is 0 Å². The van der Waals surface area contributed by atoms with Gasteiger partial charge in [0.05, 0.1) is 5.02 Å². The third-order valence-corrected chi connectivity index (χ3v) is 2.20. The molecule has 0 saturated heterocycles. The maximum absolute atomic E-state index is 5.91. The van der Waals surface area contributed by atoms with Crippen molar-refractivity contribution in [1.82, 2.24) is 0 Å². The molecule has 3 heteroatoms. The van der Waals surface area contributed by atoms with Crippen molar-refractivity contribution in [3.63, 3.8) is 0 Å². The number of nitrogens with two attached hydrogens (primary N) is 1. The van der Waals surface area contributed by atoms with Crippen molar-refractivity contribution >= 4 is 11.6 Å². The molecule has 0 amide bonds. The lowest BCUT2D eigenvalue weighted by molar-refractivity contribution is 0.197. The predicted octanol–water partition coefficient (Wildman–Crippen LogP) is 2.45. The molecule has 0 bridgehead atoms. The van der Waals surface area contributed by atoms with E-state index < -0.39 is 0 Å². The van der Waals surface area contributed by atoms with E-state index in [1.165, 1.54) is 0 Å². The van der Waals surface area contributed by atoms with Gasteiger partial charge in [0, 0.05) is 6.04 Å². The normalized spacial score (nSPS) is 15.1. The molecule has 1 rings (SSSR count). The Labute approximate surface area is 83.6 Å². The molecular weight excluding hydrogens is 186 g/mol. The van der Waals surface area contributed by atoms with Gasteiger partial charge in [0.2, 0.25) is 0 Å². The van der Waals surface area contributed by atoms with Crippen LogP contribution >= 0.6 is 11.6 Å². The lowest BCUT2D eigenvalue weighted by Crippen LogP contribution is -2.33. The van der Waals surface area contributed by atoms with Gasteiger partial charge in [-0.2, -0.15) is 0 Å². The number of halogens is 1. The van der Waals surface area contributed by atoms with Gasteiger partial charge in [-0.3, -0.25) is 0 Å². The number of hydrogen-bond donors (Lipinski definition) is 1. The average Bonchev–Trinajstić information content (AvgIpc) is 2.08. The fraction of sp³-hybridized carbons (Fsp3) is 0.400. The quantitative estimate of drug-likeness (QED) is 0.812. The van der Waals surface area contributed by atoms with Crippen molar-refractivity contribution in [2.24, 2.45) is 5.73 Å². The summed E-state index contributed by atoms with van der Waals surface area (Å²) in [5, 5.41) is 0.620. The third-order valence-electron chi connectivity index (χ3n) is 1.89. The fourth-order valence-corrected chi connectivity index (χ4v) is 1.03. The van der Waals surface area contributed by atoms with Crippen LogP contribution in [0.2, 0.25) is 5.02 Å². The molecule has 72 valence electrons. The van der Waals surface area contributed by atoms with Gasteiger partial charge in [-0.1, -0.05) is 23.7 Å². The van der Waals surface area contributed by atoms with E-state index in [0.717, 1.165) is 0 Å². The summed E-state index contributed by atoms with van der Waals surface area (Å²) in [5.41, 5.74) is 5.67. The third kappa shape index (κ3) is 2.90. The van der Waals surface area contributed by atoms with Crippen molar-refractivity contribution in [3.05, 3.63) is 29.3 Å². The Morgan fingerprint density at radius 2 is 1.92 bits per heavy atom. The first-order valence-corrected chi connectivity index (χ1v) is 4.66. The molecule has 0 fully saturated rings. The van der Waals surface area contributed by atoms with Gasteiger partial charge < -0.3 is 10.5 Å². The first-order valence-electron chi connectivity index (χ1n) is 4.28. The standard InChI is InChI=1S/C10H14ClNO/c1-7(12)8(2)13-10-6-4-3-5-9(10)11/h3-8H,12H2,1-2H3/t7-,8?/m1/s1. The topological polar surface area (TPSA) is 35.2 Å². The highest BCUT2D eigenvalue weighted by molar-refractivity contribution is 6.32. The lowest BCUT2D eigenvalue weighted by atomic mass is 10.2. The second-order valence-corrected chi connectivity index (χ2v) is 3.52. The van der Waals surface area contributed by atoms with E-state index in [2.05, 4.69) is 0 Å². The number of rotatable bonds is 3. The Morgan fingerprint density at radius 1 is 1.31 bits per heavy atom. The van der Waals surface area contributed by atoms with Crippen LogP contribution < -0.4 is 10.5 Å². The minimum Gasteiger partial charge on any atom is -0.488 e. The van der Waals surface area contributed by atoms with Crippen LogP contribution in [0.25, 0.3) is 0 Å². The smallest absolute Gasteiger partial charge is 0.138 e. The van der Waals surface area contributed by atoms with Crippen LogP contribution in [0.3, 0.4) is 0 Å². The molecule has 2 atom stereocenters. The molecular formula is C10H14ClNO. The minimum atomic E-state index is -0.0279. The molecule has 0 aliphatic heterocycles. The summed E-state index contributed by atoms with van der Waals surface area (Å²) in [6.07, 6.45) is -0.0279. The van der Waals surface area contributed by atoms with Crippen LogP contribution in [0.15, 0.2) is 24.3 Å². The highest BCUT2D eigenvalue weighted by Crippen LogP contribution is 2.24. The molecule has 0 aliphatic rings. The monoisotopic (exact) mass is 199 g/mol. The fourth-order valence-electron chi connectivity index (χ4n) is 0.848. The summed E-state index contributed by atoms with van der Waals surface area (Å²) in [4.78, 5) is 0. The maximum atomic E-state index is 5.91. The highest BCUT2D eigenvalue weighted by Gasteiger charge is 2.10. The Hall–Kier alpha value is -0.730. The summed E-state index contributed by atoms with van der Waals surface area (Å²) in [6.45, 7) is 3.83. The molecule has 2 nitrogen and oxygen atoms in total. The van der Waals surface area contributed by atoms with Crippen LogP contribution in [0.5, 0.6) is 5.75 Å². The molecule has 13 heavy (non-hydrogen) atoms. The zero-order valence-electron chi connectivity index (χ0n) is 7.83. The summed E-state index contributed by atoms with van der Waals surface area (Å²) >= 11 is 5.91. The molecule has 1 aromatic rings. The van der Waals surface area contributed by atoms with E-state index in [1.807, 2.05) is 32.0 Å². The zero-order chi connectivity index (χ0) is 9.84. The van der Waals surface area contributed by atoms with Crippen molar-refractivity contribution in [1.29, 1.82) is 0 Å². The summed E-state index contributed by atoms with van der Waals surface area (Å²) in [7, 11) is 0. The van der Waals surface area contributed by atoms with E-state index in [-0.39, 0.29) is 12.1 Å². The lowest BCUT2D eigenvalue weighted by Gasteiger charge is -2.18.